The third-order valence-electron chi connectivity index (χ3n) is 5.22. The van der Waals surface area contributed by atoms with Gasteiger partial charge in [-0.05, 0) is 76.6 Å². The van der Waals surface area contributed by atoms with E-state index in [-0.39, 0.29) is 30.8 Å². The fourth-order valence-corrected chi connectivity index (χ4v) is 5.27. The van der Waals surface area contributed by atoms with E-state index in [1.807, 2.05) is 45.2 Å². The van der Waals surface area contributed by atoms with Crippen molar-refractivity contribution in [2.45, 2.75) is 42.9 Å². The summed E-state index contributed by atoms with van der Waals surface area (Å²) in [6.45, 7) is 0. The summed E-state index contributed by atoms with van der Waals surface area (Å²) in [7, 11) is -6.53. The van der Waals surface area contributed by atoms with E-state index in [9.17, 15) is 40.0 Å². The smallest absolute Gasteiger partial charge is 0.432 e. The lowest BCUT2D eigenvalue weighted by Crippen LogP contribution is -2.53. The van der Waals surface area contributed by atoms with Crippen LogP contribution >= 0.6 is 45.2 Å². The van der Waals surface area contributed by atoms with Gasteiger partial charge in [0, 0.05) is 7.14 Å². The van der Waals surface area contributed by atoms with E-state index in [0.29, 0.717) is 9.13 Å². The number of carbonyl (C=O) groups excluding carboxylic acids is 2. The van der Waals surface area contributed by atoms with Crippen molar-refractivity contribution in [3.8, 4) is 5.75 Å². The summed E-state index contributed by atoms with van der Waals surface area (Å²) in [5.74, 6) is -3.78. The van der Waals surface area contributed by atoms with Crippen molar-refractivity contribution in [1.29, 1.82) is 0 Å². The highest BCUT2D eigenvalue weighted by atomic mass is 127. The van der Waals surface area contributed by atoms with Gasteiger partial charge < -0.3 is 9.47 Å². The molecule has 15 heteroatoms. The molecule has 1 saturated carbocycles. The standard InChI is InChI=1S/C17H13F5I2O7S/c18-16(19,20)15(17(21,22)32(27,28)29)31-14(26)6-1-2-7-10(5-6)30-9-4-3-8(23)12(24)11(9)13(7)25/h3-4,6-7,10,15H,1-2,5H2,(H,27,28,29). The minimum Gasteiger partial charge on any atom is -0.489 e. The van der Waals surface area contributed by atoms with E-state index in [4.69, 9.17) is 9.29 Å². The van der Waals surface area contributed by atoms with Gasteiger partial charge in [-0.15, -0.1) is 0 Å². The second-order valence-corrected chi connectivity index (χ2v) is 11.0. The highest BCUT2D eigenvalue weighted by Crippen LogP contribution is 2.44. The molecule has 0 spiro atoms. The quantitative estimate of drug-likeness (QED) is 0.216. The first-order valence-corrected chi connectivity index (χ1v) is 12.5. The number of Topliss-reactive ketones (excluding diaryl/α,β-unsaturated/α-hetero) is 1. The molecule has 3 rings (SSSR count). The summed E-state index contributed by atoms with van der Waals surface area (Å²) >= 11 is 4.02. The molecule has 1 aliphatic heterocycles. The van der Waals surface area contributed by atoms with Crippen molar-refractivity contribution in [1.82, 2.24) is 0 Å². The van der Waals surface area contributed by atoms with Crippen molar-refractivity contribution in [3.05, 3.63) is 24.8 Å². The number of ketones is 1. The van der Waals surface area contributed by atoms with Crippen LogP contribution in [0.25, 0.3) is 0 Å². The minimum atomic E-state index is -6.53. The summed E-state index contributed by atoms with van der Waals surface area (Å²) in [5, 5.41) is -5.80. The Bertz CT molecular complexity index is 1060. The molecule has 0 saturated heterocycles. The van der Waals surface area contributed by atoms with E-state index >= 15 is 0 Å². The second-order valence-electron chi connectivity index (χ2n) is 7.27. The lowest BCUT2D eigenvalue weighted by molar-refractivity contribution is -0.261. The normalized spacial score (nSPS) is 24.8. The average molecular weight is 710 g/mol. The molecular formula is C17H13F5I2O7S. The maximum absolute atomic E-state index is 13.7. The lowest BCUT2D eigenvalue weighted by atomic mass is 9.75. The van der Waals surface area contributed by atoms with Crippen LogP contribution in [0.15, 0.2) is 12.1 Å². The number of hydrogen-bond donors (Lipinski definition) is 1. The Kier molecular flexibility index (Phi) is 7.06. The number of halogens is 7. The van der Waals surface area contributed by atoms with Gasteiger partial charge in [-0.2, -0.15) is 30.4 Å². The third-order valence-corrected chi connectivity index (χ3v) is 9.18. The van der Waals surface area contributed by atoms with Gasteiger partial charge in [-0.1, -0.05) is 0 Å². The number of ether oxygens (including phenoxy) is 2. The molecule has 1 aliphatic carbocycles. The summed E-state index contributed by atoms with van der Waals surface area (Å²) in [5.41, 5.74) is 0.365. The molecule has 0 bridgehead atoms. The Labute approximate surface area is 205 Å². The first-order chi connectivity index (χ1) is 14.6. The highest BCUT2D eigenvalue weighted by Gasteiger charge is 2.66. The van der Waals surface area contributed by atoms with Crippen LogP contribution in [0.3, 0.4) is 0 Å². The third kappa shape index (κ3) is 4.70. The molecule has 4 atom stereocenters. The zero-order valence-corrected chi connectivity index (χ0v) is 20.7. The van der Waals surface area contributed by atoms with E-state index in [2.05, 4.69) is 4.74 Å². The molecule has 0 amide bonds. The van der Waals surface area contributed by atoms with Crippen LogP contribution in [0.1, 0.15) is 29.6 Å². The number of rotatable bonds is 4. The first kappa shape index (κ1) is 25.8. The van der Waals surface area contributed by atoms with Crippen molar-refractivity contribution >= 4 is 67.1 Å². The molecule has 178 valence electrons. The Morgan fingerprint density at radius 1 is 1.19 bits per heavy atom. The van der Waals surface area contributed by atoms with Gasteiger partial charge in [0.2, 0.25) is 0 Å². The molecule has 0 radical (unpaired) electrons. The molecule has 1 heterocycles. The molecular weight excluding hydrogens is 697 g/mol. The lowest BCUT2D eigenvalue weighted by Gasteiger charge is -2.39. The SMILES string of the molecule is O=C(OC(C(F)(F)F)C(F)(F)S(=O)(=O)O)C1CCC2C(=O)c3c(ccc(I)c3I)OC2C1. The van der Waals surface area contributed by atoms with Gasteiger partial charge in [0.15, 0.2) is 5.78 Å². The Morgan fingerprint density at radius 3 is 2.38 bits per heavy atom. The fourth-order valence-electron chi connectivity index (χ4n) is 3.66. The van der Waals surface area contributed by atoms with E-state index in [1.165, 1.54) is 0 Å². The second kappa shape index (κ2) is 8.75. The van der Waals surface area contributed by atoms with Gasteiger partial charge in [0.25, 0.3) is 6.10 Å². The first-order valence-electron chi connectivity index (χ1n) is 8.86. The largest absolute Gasteiger partial charge is 0.489 e. The van der Waals surface area contributed by atoms with E-state index < -0.39 is 51.6 Å². The summed E-state index contributed by atoms with van der Waals surface area (Å²) < 4.78 is 108. The minimum absolute atomic E-state index is 0.0234. The molecule has 0 aromatic heterocycles. The van der Waals surface area contributed by atoms with Gasteiger partial charge >= 0.3 is 27.5 Å². The predicted molar refractivity (Wildman–Crippen MR) is 114 cm³/mol. The molecule has 1 N–H and O–H groups in total. The summed E-state index contributed by atoms with van der Waals surface area (Å²) in [6.07, 6.45) is -11.7. The molecule has 2 aliphatic rings. The Balaban J connectivity index is 1.81. The van der Waals surface area contributed by atoms with E-state index in [0.717, 1.165) is 3.57 Å². The zero-order chi connectivity index (χ0) is 24.2. The number of fused-ring (bicyclic) bond motifs is 2. The maximum atomic E-state index is 13.7. The van der Waals surface area contributed by atoms with Crippen molar-refractivity contribution < 1.29 is 54.0 Å². The molecule has 4 unspecified atom stereocenters. The fraction of sp³-hybridized carbons (Fsp3) is 0.529. The van der Waals surface area contributed by atoms with Crippen LogP contribution in [0.5, 0.6) is 5.75 Å². The molecule has 32 heavy (non-hydrogen) atoms. The van der Waals surface area contributed by atoms with Crippen molar-refractivity contribution in [3.63, 3.8) is 0 Å². The van der Waals surface area contributed by atoms with E-state index in [1.54, 1.807) is 12.1 Å². The van der Waals surface area contributed by atoms with Gasteiger partial charge in [-0.25, -0.2) is 0 Å². The van der Waals surface area contributed by atoms with Gasteiger partial charge in [0.05, 0.1) is 17.4 Å². The monoisotopic (exact) mass is 710 g/mol. The number of carbonyl (C=O) groups is 2. The van der Waals surface area contributed by atoms with Crippen LogP contribution in [-0.4, -0.2) is 48.4 Å². The highest BCUT2D eigenvalue weighted by molar-refractivity contribution is 14.1. The molecule has 1 aromatic carbocycles. The van der Waals surface area contributed by atoms with Gasteiger partial charge in [0.1, 0.15) is 11.9 Å². The Morgan fingerprint density at radius 2 is 1.81 bits per heavy atom. The summed E-state index contributed by atoms with van der Waals surface area (Å²) in [4.78, 5) is 25.2. The van der Waals surface area contributed by atoms with Crippen LogP contribution in [0.4, 0.5) is 22.0 Å². The topological polar surface area (TPSA) is 107 Å². The van der Waals surface area contributed by atoms with Crippen molar-refractivity contribution in [2.24, 2.45) is 11.8 Å². The summed E-state index contributed by atoms with van der Waals surface area (Å²) in [6, 6.07) is 3.23. The average Bonchev–Trinajstić information content (AvgIpc) is 2.66. The number of esters is 1. The van der Waals surface area contributed by atoms with Crippen LogP contribution < -0.4 is 4.74 Å². The molecule has 1 fully saturated rings. The maximum Gasteiger partial charge on any atom is 0.432 e. The van der Waals surface area contributed by atoms with Gasteiger partial charge in [-0.3, -0.25) is 14.1 Å². The van der Waals surface area contributed by atoms with Crippen molar-refractivity contribution in [2.75, 3.05) is 0 Å². The van der Waals surface area contributed by atoms with Crippen LogP contribution in [0.2, 0.25) is 0 Å². The number of alkyl halides is 5. The Hall–Kier alpha value is -0.820. The zero-order valence-electron chi connectivity index (χ0n) is 15.5. The predicted octanol–water partition coefficient (Wildman–Crippen LogP) is 4.21. The number of benzene rings is 1. The molecule has 7 nitrogen and oxygen atoms in total. The van der Waals surface area contributed by atoms with Crippen LogP contribution in [0, 0.1) is 19.0 Å². The number of hydrogen-bond acceptors (Lipinski definition) is 6. The molecule has 1 aromatic rings. The van der Waals surface area contributed by atoms with Crippen LogP contribution in [-0.2, 0) is 19.6 Å².